The number of anilines is 1. The molecule has 1 unspecified atom stereocenters. The van der Waals surface area contributed by atoms with Gasteiger partial charge in [0, 0.05) is 23.8 Å². The second-order valence-electron chi connectivity index (χ2n) is 7.83. The molecule has 170 valence electrons. The Labute approximate surface area is 199 Å². The number of para-hydroxylation sites is 1. The van der Waals surface area contributed by atoms with E-state index in [1.165, 1.54) is 4.52 Å². The van der Waals surface area contributed by atoms with Crippen LogP contribution in [0.2, 0.25) is 5.02 Å². The van der Waals surface area contributed by atoms with E-state index in [2.05, 4.69) is 15.4 Å². The predicted molar refractivity (Wildman–Crippen MR) is 132 cm³/mol. The van der Waals surface area contributed by atoms with E-state index in [-0.39, 0.29) is 16.9 Å². The average molecular weight is 473 g/mol. The van der Waals surface area contributed by atoms with Gasteiger partial charge in [0.1, 0.15) is 5.56 Å². The fourth-order valence-corrected chi connectivity index (χ4v) is 4.44. The third-order valence-corrected chi connectivity index (χ3v) is 6.07. The third kappa shape index (κ3) is 3.58. The Bertz CT molecular complexity index is 1590. The van der Waals surface area contributed by atoms with E-state index < -0.39 is 11.9 Å². The molecule has 9 heteroatoms. The number of halogens is 1. The Morgan fingerprint density at radius 2 is 1.94 bits per heavy atom. The number of aromatic nitrogens is 4. The van der Waals surface area contributed by atoms with Crippen molar-refractivity contribution in [2.45, 2.75) is 19.4 Å². The van der Waals surface area contributed by atoms with E-state index in [1.54, 1.807) is 35.2 Å². The van der Waals surface area contributed by atoms with Crippen LogP contribution in [-0.2, 0) is 0 Å². The van der Waals surface area contributed by atoms with Crippen molar-refractivity contribution >= 4 is 39.7 Å². The minimum absolute atomic E-state index is 0.0804. The summed E-state index contributed by atoms with van der Waals surface area (Å²) >= 11 is 6.40. The summed E-state index contributed by atoms with van der Waals surface area (Å²) < 4.78 is 3.06. The SMILES string of the molecule is CCC(NC(=O)c1c(N)nn2cccnc12)c1cc2cccc(Cl)c2c(=O)n1-c1ccccc1. The summed E-state index contributed by atoms with van der Waals surface area (Å²) in [6, 6.07) is 17.7. The largest absolute Gasteiger partial charge is 0.381 e. The fourth-order valence-electron chi connectivity index (χ4n) is 4.18. The number of carbonyl (C=O) groups excluding carboxylic acids is 1. The highest BCUT2D eigenvalue weighted by Crippen LogP contribution is 2.27. The van der Waals surface area contributed by atoms with Crippen molar-refractivity contribution in [1.82, 2.24) is 24.5 Å². The van der Waals surface area contributed by atoms with Crippen LogP contribution in [0.4, 0.5) is 5.82 Å². The molecular formula is C25H21ClN6O2. The molecule has 1 amide bonds. The number of nitrogens with two attached hydrogens (primary N) is 1. The molecule has 0 spiro atoms. The molecule has 2 aromatic carbocycles. The van der Waals surface area contributed by atoms with E-state index in [9.17, 15) is 9.59 Å². The van der Waals surface area contributed by atoms with E-state index in [4.69, 9.17) is 17.3 Å². The molecule has 5 aromatic rings. The van der Waals surface area contributed by atoms with Crippen molar-refractivity contribution in [1.29, 1.82) is 0 Å². The quantitative estimate of drug-likeness (QED) is 0.399. The maximum Gasteiger partial charge on any atom is 0.264 e. The van der Waals surface area contributed by atoms with Gasteiger partial charge in [0.25, 0.3) is 11.5 Å². The lowest BCUT2D eigenvalue weighted by Gasteiger charge is -2.23. The lowest BCUT2D eigenvalue weighted by Crippen LogP contribution is -2.33. The number of rotatable bonds is 5. The minimum atomic E-state index is -0.498. The first-order valence-electron chi connectivity index (χ1n) is 10.8. The van der Waals surface area contributed by atoms with Gasteiger partial charge in [-0.15, -0.1) is 5.10 Å². The number of nitrogen functional groups attached to an aromatic ring is 1. The van der Waals surface area contributed by atoms with Crippen molar-refractivity contribution < 1.29 is 4.79 Å². The molecule has 3 aromatic heterocycles. The highest BCUT2D eigenvalue weighted by atomic mass is 35.5. The maximum atomic E-state index is 13.7. The van der Waals surface area contributed by atoms with Crippen LogP contribution in [0.5, 0.6) is 0 Å². The number of fused-ring (bicyclic) bond motifs is 2. The topological polar surface area (TPSA) is 107 Å². The smallest absolute Gasteiger partial charge is 0.264 e. The zero-order chi connectivity index (χ0) is 23.8. The van der Waals surface area contributed by atoms with Gasteiger partial charge < -0.3 is 11.1 Å². The number of carbonyl (C=O) groups is 1. The first-order valence-corrected chi connectivity index (χ1v) is 11.2. The molecule has 0 aliphatic rings. The number of amides is 1. The average Bonchev–Trinajstić information content (AvgIpc) is 3.18. The number of hydrogen-bond acceptors (Lipinski definition) is 5. The Hall–Kier alpha value is -4.17. The Kier molecular flexibility index (Phi) is 5.51. The molecule has 3 heterocycles. The molecule has 0 bridgehead atoms. The molecule has 0 fully saturated rings. The minimum Gasteiger partial charge on any atom is -0.381 e. The number of pyridine rings is 1. The first kappa shape index (κ1) is 21.7. The van der Waals surface area contributed by atoms with Crippen molar-refractivity contribution in [2.24, 2.45) is 0 Å². The Morgan fingerprint density at radius 3 is 2.71 bits per heavy atom. The van der Waals surface area contributed by atoms with Crippen LogP contribution in [0, 0.1) is 0 Å². The molecule has 5 rings (SSSR count). The van der Waals surface area contributed by atoms with Crippen LogP contribution in [-0.4, -0.2) is 25.1 Å². The lowest BCUT2D eigenvalue weighted by molar-refractivity contribution is 0.0936. The number of hydrogen-bond donors (Lipinski definition) is 2. The summed E-state index contributed by atoms with van der Waals surface area (Å²) in [5.74, 6) is -0.340. The van der Waals surface area contributed by atoms with Gasteiger partial charge in [0.2, 0.25) is 0 Å². The second-order valence-corrected chi connectivity index (χ2v) is 8.24. The van der Waals surface area contributed by atoms with Crippen LogP contribution >= 0.6 is 11.6 Å². The highest BCUT2D eigenvalue weighted by molar-refractivity contribution is 6.35. The van der Waals surface area contributed by atoms with Gasteiger partial charge in [-0.1, -0.05) is 48.9 Å². The number of nitrogens with one attached hydrogen (secondary N) is 1. The van der Waals surface area contributed by atoms with Crippen LogP contribution in [0.15, 0.2) is 77.9 Å². The summed E-state index contributed by atoms with van der Waals surface area (Å²) in [5, 5.41) is 8.70. The van der Waals surface area contributed by atoms with Gasteiger partial charge in [0.15, 0.2) is 11.5 Å². The van der Waals surface area contributed by atoms with E-state index in [0.717, 1.165) is 0 Å². The molecule has 3 N–H and O–H groups in total. The van der Waals surface area contributed by atoms with Crippen LogP contribution in [0.3, 0.4) is 0 Å². The van der Waals surface area contributed by atoms with Crippen molar-refractivity contribution in [2.75, 3.05) is 5.73 Å². The molecule has 34 heavy (non-hydrogen) atoms. The molecule has 8 nitrogen and oxygen atoms in total. The molecule has 0 aliphatic carbocycles. The van der Waals surface area contributed by atoms with Gasteiger partial charge in [-0.25, -0.2) is 9.50 Å². The summed E-state index contributed by atoms with van der Waals surface area (Å²) in [6.07, 6.45) is 3.77. The van der Waals surface area contributed by atoms with Crippen molar-refractivity contribution in [3.63, 3.8) is 0 Å². The van der Waals surface area contributed by atoms with Crippen molar-refractivity contribution in [3.05, 3.63) is 99.7 Å². The van der Waals surface area contributed by atoms with E-state index in [1.807, 2.05) is 49.4 Å². The zero-order valence-corrected chi connectivity index (χ0v) is 19.0. The Morgan fingerprint density at radius 1 is 1.15 bits per heavy atom. The number of nitrogens with zero attached hydrogens (tertiary/aromatic N) is 4. The monoisotopic (exact) mass is 472 g/mol. The normalized spacial score (nSPS) is 12.2. The van der Waals surface area contributed by atoms with E-state index in [0.29, 0.717) is 39.2 Å². The van der Waals surface area contributed by atoms with Crippen LogP contribution < -0.4 is 16.6 Å². The zero-order valence-electron chi connectivity index (χ0n) is 18.3. The summed E-state index contributed by atoms with van der Waals surface area (Å²) in [4.78, 5) is 31.2. The molecule has 0 saturated heterocycles. The molecule has 0 aliphatic heterocycles. The maximum absolute atomic E-state index is 13.7. The Balaban J connectivity index is 1.67. The van der Waals surface area contributed by atoms with Gasteiger partial charge >= 0.3 is 0 Å². The number of benzene rings is 2. The molecule has 0 radical (unpaired) electrons. The van der Waals surface area contributed by atoms with Gasteiger partial charge in [-0.3, -0.25) is 14.2 Å². The second kappa shape index (κ2) is 8.64. The highest BCUT2D eigenvalue weighted by Gasteiger charge is 2.25. The van der Waals surface area contributed by atoms with E-state index >= 15 is 0 Å². The van der Waals surface area contributed by atoms with Gasteiger partial charge in [0.05, 0.1) is 16.5 Å². The molecule has 1 atom stereocenters. The fraction of sp³-hybridized carbons (Fsp3) is 0.120. The van der Waals surface area contributed by atoms with Gasteiger partial charge in [-0.2, -0.15) is 0 Å². The lowest BCUT2D eigenvalue weighted by atomic mass is 10.0. The van der Waals surface area contributed by atoms with Crippen LogP contribution in [0.25, 0.3) is 22.1 Å². The summed E-state index contributed by atoms with van der Waals surface area (Å²) in [5.41, 5.74) is 7.64. The molecule has 0 saturated carbocycles. The molecular weight excluding hydrogens is 452 g/mol. The third-order valence-electron chi connectivity index (χ3n) is 5.76. The predicted octanol–water partition coefficient (Wildman–Crippen LogP) is 4.15. The van der Waals surface area contributed by atoms with Crippen LogP contribution in [0.1, 0.15) is 35.4 Å². The standard InChI is InChI=1S/C25H21ClN6O2/c1-2-18(29-24(33)21-22(27)30-31-13-7-12-28-23(21)31)19-14-15-8-6-11-17(26)20(15)25(34)32(19)16-9-4-3-5-10-16/h3-14,18H,2H2,1H3,(H2,27,30)(H,29,33). The van der Waals surface area contributed by atoms with Gasteiger partial charge in [-0.05, 0) is 42.1 Å². The summed E-state index contributed by atoms with van der Waals surface area (Å²) in [6.45, 7) is 1.94. The summed E-state index contributed by atoms with van der Waals surface area (Å²) in [7, 11) is 0. The first-order chi connectivity index (χ1) is 16.5. The van der Waals surface area contributed by atoms with Crippen molar-refractivity contribution in [3.8, 4) is 5.69 Å².